The summed E-state index contributed by atoms with van der Waals surface area (Å²) in [6.07, 6.45) is 3.56. The highest BCUT2D eigenvalue weighted by molar-refractivity contribution is 5.55. The number of hydrogen-bond donors (Lipinski definition) is 1. The molecule has 86 valence electrons. The van der Waals surface area contributed by atoms with Gasteiger partial charge in [-0.1, -0.05) is 0 Å². The molecule has 1 N–H and O–H groups in total. The SMILES string of the molecule is CN1CC(NC2CC2)Cc2cc(F)ccc21. The molecule has 1 fully saturated rings. The third-order valence-corrected chi connectivity index (χ3v) is 3.46. The Kier molecular flexibility index (Phi) is 2.36. The highest BCUT2D eigenvalue weighted by Gasteiger charge is 2.28. The predicted octanol–water partition coefficient (Wildman–Crippen LogP) is 1.94. The van der Waals surface area contributed by atoms with Crippen LogP contribution in [0.2, 0.25) is 0 Å². The fourth-order valence-corrected chi connectivity index (χ4v) is 2.54. The van der Waals surface area contributed by atoms with E-state index in [1.807, 2.05) is 6.07 Å². The zero-order valence-electron chi connectivity index (χ0n) is 9.54. The van der Waals surface area contributed by atoms with Crippen LogP contribution >= 0.6 is 0 Å². The van der Waals surface area contributed by atoms with E-state index in [4.69, 9.17) is 0 Å². The van der Waals surface area contributed by atoms with E-state index in [-0.39, 0.29) is 5.82 Å². The third kappa shape index (κ3) is 1.92. The van der Waals surface area contributed by atoms with Crippen LogP contribution in [0.4, 0.5) is 10.1 Å². The topological polar surface area (TPSA) is 15.3 Å². The van der Waals surface area contributed by atoms with Gasteiger partial charge in [0.2, 0.25) is 0 Å². The molecular weight excluding hydrogens is 203 g/mol. The maximum atomic E-state index is 13.2. The van der Waals surface area contributed by atoms with Gasteiger partial charge in [-0.25, -0.2) is 4.39 Å². The Morgan fingerprint density at radius 2 is 2.12 bits per heavy atom. The van der Waals surface area contributed by atoms with E-state index < -0.39 is 0 Å². The Morgan fingerprint density at radius 1 is 1.31 bits per heavy atom. The number of nitrogens with one attached hydrogen (secondary N) is 1. The molecule has 3 heteroatoms. The van der Waals surface area contributed by atoms with Crippen molar-refractivity contribution in [3.8, 4) is 0 Å². The summed E-state index contributed by atoms with van der Waals surface area (Å²) in [4.78, 5) is 2.22. The van der Waals surface area contributed by atoms with Gasteiger partial charge in [-0.05, 0) is 43.0 Å². The van der Waals surface area contributed by atoms with Crippen molar-refractivity contribution in [2.24, 2.45) is 0 Å². The average Bonchev–Trinajstić information content (AvgIpc) is 3.00. The first-order chi connectivity index (χ1) is 7.72. The van der Waals surface area contributed by atoms with Crippen LogP contribution < -0.4 is 10.2 Å². The molecule has 1 unspecified atom stereocenters. The molecule has 1 aromatic carbocycles. The first-order valence-corrected chi connectivity index (χ1v) is 5.98. The molecule has 2 nitrogen and oxygen atoms in total. The van der Waals surface area contributed by atoms with Gasteiger partial charge in [0.25, 0.3) is 0 Å². The number of nitrogens with zero attached hydrogens (tertiary/aromatic N) is 1. The van der Waals surface area contributed by atoms with Gasteiger partial charge in [-0.3, -0.25) is 0 Å². The van der Waals surface area contributed by atoms with Crippen molar-refractivity contribution in [2.75, 3.05) is 18.5 Å². The number of hydrogen-bond acceptors (Lipinski definition) is 2. The molecular formula is C13H17FN2. The van der Waals surface area contributed by atoms with E-state index in [1.165, 1.54) is 18.5 Å². The van der Waals surface area contributed by atoms with Crippen molar-refractivity contribution in [1.29, 1.82) is 0 Å². The molecule has 1 aliphatic carbocycles. The van der Waals surface area contributed by atoms with Gasteiger partial charge in [-0.2, -0.15) is 0 Å². The summed E-state index contributed by atoms with van der Waals surface area (Å²) in [5.41, 5.74) is 2.31. The lowest BCUT2D eigenvalue weighted by atomic mass is 9.98. The predicted molar refractivity (Wildman–Crippen MR) is 63.3 cm³/mol. The van der Waals surface area contributed by atoms with Gasteiger partial charge in [0.1, 0.15) is 5.82 Å². The smallest absolute Gasteiger partial charge is 0.123 e. The molecule has 0 aromatic heterocycles. The van der Waals surface area contributed by atoms with Crippen LogP contribution in [0.25, 0.3) is 0 Å². The Balaban J connectivity index is 1.82. The number of benzene rings is 1. The van der Waals surface area contributed by atoms with E-state index in [1.54, 1.807) is 12.1 Å². The largest absolute Gasteiger partial charge is 0.373 e. The van der Waals surface area contributed by atoms with Crippen molar-refractivity contribution in [3.05, 3.63) is 29.6 Å². The van der Waals surface area contributed by atoms with Gasteiger partial charge in [-0.15, -0.1) is 0 Å². The summed E-state index contributed by atoms with van der Waals surface area (Å²) in [6.45, 7) is 1.02. The number of halogens is 1. The summed E-state index contributed by atoms with van der Waals surface area (Å²) in [6, 6.07) is 6.30. The lowest BCUT2D eigenvalue weighted by Gasteiger charge is -2.34. The maximum Gasteiger partial charge on any atom is 0.123 e. The molecule has 1 aliphatic heterocycles. The van der Waals surface area contributed by atoms with Gasteiger partial charge < -0.3 is 10.2 Å². The number of rotatable bonds is 2. The summed E-state index contributed by atoms with van der Waals surface area (Å²) in [5.74, 6) is -0.126. The molecule has 0 saturated heterocycles. The highest BCUT2D eigenvalue weighted by atomic mass is 19.1. The van der Waals surface area contributed by atoms with Crippen LogP contribution in [0, 0.1) is 5.82 Å². The van der Waals surface area contributed by atoms with Gasteiger partial charge in [0.05, 0.1) is 0 Å². The van der Waals surface area contributed by atoms with Crippen LogP contribution in [0.15, 0.2) is 18.2 Å². The minimum absolute atomic E-state index is 0.126. The van der Waals surface area contributed by atoms with E-state index >= 15 is 0 Å². The minimum Gasteiger partial charge on any atom is -0.373 e. The van der Waals surface area contributed by atoms with Crippen molar-refractivity contribution in [2.45, 2.75) is 31.3 Å². The maximum absolute atomic E-state index is 13.2. The first kappa shape index (κ1) is 10.1. The number of fused-ring (bicyclic) bond motifs is 1. The zero-order chi connectivity index (χ0) is 11.1. The van der Waals surface area contributed by atoms with Gasteiger partial charge >= 0.3 is 0 Å². The second-order valence-electron chi connectivity index (χ2n) is 5.00. The monoisotopic (exact) mass is 220 g/mol. The quantitative estimate of drug-likeness (QED) is 0.819. The third-order valence-electron chi connectivity index (χ3n) is 3.46. The Morgan fingerprint density at radius 3 is 2.88 bits per heavy atom. The molecule has 1 atom stereocenters. The van der Waals surface area contributed by atoms with Crippen LogP contribution in [0.3, 0.4) is 0 Å². The standard InChI is InChI=1S/C13H17FN2/c1-16-8-12(15-11-3-4-11)7-9-6-10(14)2-5-13(9)16/h2,5-6,11-12,15H,3-4,7-8H2,1H3. The van der Waals surface area contributed by atoms with E-state index in [0.29, 0.717) is 12.1 Å². The van der Waals surface area contributed by atoms with E-state index in [0.717, 1.165) is 18.5 Å². The van der Waals surface area contributed by atoms with Crippen LogP contribution in [-0.2, 0) is 6.42 Å². The lowest BCUT2D eigenvalue weighted by Crippen LogP contribution is -2.45. The summed E-state index contributed by atoms with van der Waals surface area (Å²) in [7, 11) is 2.08. The van der Waals surface area contributed by atoms with Crippen LogP contribution in [0.1, 0.15) is 18.4 Å². The van der Waals surface area contributed by atoms with Crippen molar-refractivity contribution in [3.63, 3.8) is 0 Å². The second-order valence-corrected chi connectivity index (χ2v) is 5.00. The molecule has 1 aromatic rings. The van der Waals surface area contributed by atoms with Gasteiger partial charge in [0.15, 0.2) is 0 Å². The molecule has 1 saturated carbocycles. The fourth-order valence-electron chi connectivity index (χ4n) is 2.54. The van der Waals surface area contributed by atoms with E-state index in [2.05, 4.69) is 17.3 Å². The average molecular weight is 220 g/mol. The molecule has 3 rings (SSSR count). The molecule has 1 heterocycles. The summed E-state index contributed by atoms with van der Waals surface area (Å²) in [5, 5.41) is 3.62. The normalized spacial score (nSPS) is 24.4. The molecule has 0 bridgehead atoms. The summed E-state index contributed by atoms with van der Waals surface area (Å²) >= 11 is 0. The number of anilines is 1. The Hall–Kier alpha value is -1.09. The molecule has 0 spiro atoms. The zero-order valence-corrected chi connectivity index (χ0v) is 9.54. The van der Waals surface area contributed by atoms with Crippen LogP contribution in [0.5, 0.6) is 0 Å². The molecule has 2 aliphatic rings. The fraction of sp³-hybridized carbons (Fsp3) is 0.538. The van der Waals surface area contributed by atoms with Crippen molar-refractivity contribution in [1.82, 2.24) is 5.32 Å². The van der Waals surface area contributed by atoms with Gasteiger partial charge in [0, 0.05) is 31.4 Å². The summed E-state index contributed by atoms with van der Waals surface area (Å²) < 4.78 is 13.2. The van der Waals surface area contributed by atoms with E-state index in [9.17, 15) is 4.39 Å². The Labute approximate surface area is 95.4 Å². The Bertz CT molecular complexity index is 401. The lowest BCUT2D eigenvalue weighted by molar-refractivity contribution is 0.488. The second kappa shape index (κ2) is 3.74. The highest BCUT2D eigenvalue weighted by Crippen LogP contribution is 2.28. The molecule has 16 heavy (non-hydrogen) atoms. The minimum atomic E-state index is -0.126. The van der Waals surface area contributed by atoms with Crippen molar-refractivity contribution >= 4 is 5.69 Å². The molecule has 0 radical (unpaired) electrons. The van der Waals surface area contributed by atoms with Crippen LogP contribution in [-0.4, -0.2) is 25.7 Å². The van der Waals surface area contributed by atoms with Crippen molar-refractivity contribution < 1.29 is 4.39 Å². The first-order valence-electron chi connectivity index (χ1n) is 5.98. The number of likely N-dealkylation sites (N-methyl/N-ethyl adjacent to an activating group) is 1. The molecule has 0 amide bonds.